The number of benzene rings is 1. The molecule has 2 heteroatoms. The summed E-state index contributed by atoms with van der Waals surface area (Å²) in [4.78, 5) is 11.0. The molecule has 2 nitrogen and oxygen atoms in total. The van der Waals surface area contributed by atoms with Crippen LogP contribution in [-0.2, 0) is 11.2 Å². The molecule has 1 aromatic rings. The summed E-state index contributed by atoms with van der Waals surface area (Å²) in [6.07, 6.45) is 1.41. The molecule has 0 atom stereocenters. The smallest absolute Gasteiger partial charge is 0.130 e. The van der Waals surface area contributed by atoms with Crippen LogP contribution in [0.25, 0.3) is 0 Å². The number of carbonyl (C=O) groups is 1. The van der Waals surface area contributed by atoms with Crippen LogP contribution in [0.4, 0.5) is 0 Å². The molecule has 0 heterocycles. The molecule has 0 saturated carbocycles. The molecule has 0 aliphatic rings. The van der Waals surface area contributed by atoms with Gasteiger partial charge in [0, 0.05) is 6.42 Å². The summed E-state index contributed by atoms with van der Waals surface area (Å²) in [6, 6.07) is 2.13. The molecule has 0 aromatic heterocycles. The number of carbonyl (C=O) groups excluding carboxylic acids is 1. The molecule has 0 bridgehead atoms. The third kappa shape index (κ3) is 2.63. The summed E-state index contributed by atoms with van der Waals surface area (Å²) in [6.45, 7) is 7.84. The van der Waals surface area contributed by atoms with Crippen molar-refractivity contribution >= 4 is 5.78 Å². The number of Topliss-reactive ketones (excluding diaryl/α,β-unsaturated/α-hetero) is 1. The van der Waals surface area contributed by atoms with Crippen LogP contribution in [0.3, 0.4) is 0 Å². The predicted octanol–water partition coefficient (Wildman–Crippen LogP) is 3.14. The van der Waals surface area contributed by atoms with Gasteiger partial charge in [-0.15, -0.1) is 0 Å². The highest BCUT2D eigenvalue weighted by atomic mass is 16.5. The van der Waals surface area contributed by atoms with E-state index in [0.717, 1.165) is 17.7 Å². The minimum Gasteiger partial charge on any atom is -0.496 e. The number of hydrogen-bond acceptors (Lipinski definition) is 2. The normalized spacial score (nSPS) is 10.3. The van der Waals surface area contributed by atoms with Crippen molar-refractivity contribution in [1.82, 2.24) is 0 Å². The van der Waals surface area contributed by atoms with Gasteiger partial charge in [-0.1, -0.05) is 6.07 Å². The molecule has 0 unspecified atom stereocenters. The summed E-state index contributed by atoms with van der Waals surface area (Å²) in [7, 11) is 1.69. The second-order valence-electron chi connectivity index (χ2n) is 4.35. The van der Waals surface area contributed by atoms with E-state index in [2.05, 4.69) is 19.9 Å². The Kier molecular flexibility index (Phi) is 4.11. The second kappa shape index (κ2) is 5.15. The van der Waals surface area contributed by atoms with Gasteiger partial charge < -0.3 is 9.53 Å². The monoisotopic (exact) mass is 220 g/mol. The quantitative estimate of drug-likeness (QED) is 0.779. The van der Waals surface area contributed by atoms with Crippen LogP contribution in [0.15, 0.2) is 6.07 Å². The lowest BCUT2D eigenvalue weighted by Gasteiger charge is -2.15. The predicted molar refractivity (Wildman–Crippen MR) is 66.2 cm³/mol. The number of ether oxygens (including phenoxy) is 1. The minimum atomic E-state index is 0.235. The van der Waals surface area contributed by atoms with E-state index >= 15 is 0 Å². The highest BCUT2D eigenvalue weighted by Crippen LogP contribution is 2.29. The summed E-state index contributed by atoms with van der Waals surface area (Å²) < 4.78 is 5.39. The molecular weight excluding hydrogens is 200 g/mol. The van der Waals surface area contributed by atoms with Crippen molar-refractivity contribution in [3.05, 3.63) is 28.3 Å². The van der Waals surface area contributed by atoms with E-state index in [0.29, 0.717) is 6.42 Å². The van der Waals surface area contributed by atoms with Crippen molar-refractivity contribution in [3.8, 4) is 5.75 Å². The Labute approximate surface area is 97.6 Å². The molecule has 0 spiro atoms. The van der Waals surface area contributed by atoms with Crippen molar-refractivity contribution in [3.63, 3.8) is 0 Å². The Bertz CT molecular complexity index is 406. The van der Waals surface area contributed by atoms with Gasteiger partial charge in [0.05, 0.1) is 7.11 Å². The summed E-state index contributed by atoms with van der Waals surface area (Å²) in [5.74, 6) is 1.18. The molecule has 0 aliphatic heterocycles. The molecule has 88 valence electrons. The van der Waals surface area contributed by atoms with Gasteiger partial charge in [0.1, 0.15) is 11.5 Å². The number of methoxy groups -OCH3 is 1. The number of hydrogen-bond donors (Lipinski definition) is 0. The minimum absolute atomic E-state index is 0.235. The largest absolute Gasteiger partial charge is 0.496 e. The van der Waals surface area contributed by atoms with Gasteiger partial charge in [0.15, 0.2) is 0 Å². The van der Waals surface area contributed by atoms with Crippen molar-refractivity contribution in [2.45, 2.75) is 40.5 Å². The van der Waals surface area contributed by atoms with Gasteiger partial charge >= 0.3 is 0 Å². The Morgan fingerprint density at radius 1 is 1.25 bits per heavy atom. The van der Waals surface area contributed by atoms with E-state index < -0.39 is 0 Å². The maximum Gasteiger partial charge on any atom is 0.130 e. The molecule has 0 radical (unpaired) electrons. The second-order valence-corrected chi connectivity index (χ2v) is 4.35. The van der Waals surface area contributed by atoms with E-state index in [1.165, 1.54) is 16.7 Å². The van der Waals surface area contributed by atoms with Crippen molar-refractivity contribution in [1.29, 1.82) is 0 Å². The van der Waals surface area contributed by atoms with Gasteiger partial charge in [-0.2, -0.15) is 0 Å². The van der Waals surface area contributed by atoms with E-state index in [1.54, 1.807) is 14.0 Å². The molecule has 0 N–H and O–H groups in total. The van der Waals surface area contributed by atoms with Crippen LogP contribution in [0, 0.1) is 20.8 Å². The highest BCUT2D eigenvalue weighted by molar-refractivity contribution is 5.75. The summed E-state index contributed by atoms with van der Waals surface area (Å²) in [5.41, 5.74) is 4.82. The van der Waals surface area contributed by atoms with E-state index in [1.807, 2.05) is 6.92 Å². The maximum atomic E-state index is 11.0. The van der Waals surface area contributed by atoms with Gasteiger partial charge in [-0.3, -0.25) is 0 Å². The molecule has 16 heavy (non-hydrogen) atoms. The van der Waals surface area contributed by atoms with Crippen molar-refractivity contribution < 1.29 is 9.53 Å². The Balaban J connectivity index is 3.12. The molecule has 0 saturated heterocycles. The van der Waals surface area contributed by atoms with Crippen molar-refractivity contribution in [2.24, 2.45) is 0 Å². The average Bonchev–Trinajstić information content (AvgIpc) is 2.16. The zero-order chi connectivity index (χ0) is 12.3. The molecule has 0 aliphatic carbocycles. The molecular formula is C14H20O2. The molecule has 1 rings (SSSR count). The zero-order valence-electron chi connectivity index (χ0n) is 10.8. The Morgan fingerprint density at radius 2 is 1.88 bits per heavy atom. The van der Waals surface area contributed by atoms with Crippen molar-refractivity contribution in [2.75, 3.05) is 7.11 Å². The average molecular weight is 220 g/mol. The number of aryl methyl sites for hydroxylation is 2. The lowest BCUT2D eigenvalue weighted by atomic mass is 9.94. The lowest BCUT2D eigenvalue weighted by Crippen LogP contribution is -2.02. The van der Waals surface area contributed by atoms with Crippen LogP contribution >= 0.6 is 0 Å². The highest BCUT2D eigenvalue weighted by Gasteiger charge is 2.11. The van der Waals surface area contributed by atoms with Gasteiger partial charge in [-0.25, -0.2) is 0 Å². The fourth-order valence-electron chi connectivity index (χ4n) is 2.21. The van der Waals surface area contributed by atoms with Crippen LogP contribution in [0.2, 0.25) is 0 Å². The maximum absolute atomic E-state index is 11.0. The third-order valence-electron chi connectivity index (χ3n) is 2.99. The van der Waals surface area contributed by atoms with Crippen LogP contribution in [-0.4, -0.2) is 12.9 Å². The van der Waals surface area contributed by atoms with Gasteiger partial charge in [0.25, 0.3) is 0 Å². The van der Waals surface area contributed by atoms with E-state index in [9.17, 15) is 4.79 Å². The van der Waals surface area contributed by atoms with Gasteiger partial charge in [0.2, 0.25) is 0 Å². The standard InChI is InChI=1S/C14H20O2/c1-9-8-10(2)14(16-5)12(4)13(9)7-6-11(3)15/h8H,6-7H2,1-5H3. The fourth-order valence-corrected chi connectivity index (χ4v) is 2.21. The van der Waals surface area contributed by atoms with Gasteiger partial charge in [-0.05, 0) is 56.4 Å². The van der Waals surface area contributed by atoms with E-state index in [4.69, 9.17) is 4.74 Å². The van der Waals surface area contributed by atoms with Crippen LogP contribution in [0.5, 0.6) is 5.75 Å². The molecule has 0 fully saturated rings. The first-order chi connectivity index (χ1) is 7.47. The van der Waals surface area contributed by atoms with Crippen LogP contribution < -0.4 is 4.74 Å². The topological polar surface area (TPSA) is 26.3 Å². The molecule has 0 amide bonds. The lowest BCUT2D eigenvalue weighted by molar-refractivity contribution is -0.116. The Hall–Kier alpha value is -1.31. The number of rotatable bonds is 4. The first kappa shape index (κ1) is 12.8. The first-order valence-electron chi connectivity index (χ1n) is 5.60. The number of ketones is 1. The fraction of sp³-hybridized carbons (Fsp3) is 0.500. The van der Waals surface area contributed by atoms with Crippen LogP contribution in [0.1, 0.15) is 35.6 Å². The van der Waals surface area contributed by atoms with E-state index in [-0.39, 0.29) is 5.78 Å². The Morgan fingerprint density at radius 3 is 2.38 bits per heavy atom. The molecule has 1 aromatic carbocycles. The third-order valence-corrected chi connectivity index (χ3v) is 2.99. The SMILES string of the molecule is COc1c(C)cc(C)c(CCC(C)=O)c1C. The summed E-state index contributed by atoms with van der Waals surface area (Å²) in [5, 5.41) is 0. The summed E-state index contributed by atoms with van der Waals surface area (Å²) >= 11 is 0. The first-order valence-corrected chi connectivity index (χ1v) is 5.60. The zero-order valence-corrected chi connectivity index (χ0v) is 10.8.